The highest BCUT2D eigenvalue weighted by Gasteiger charge is 1.96. The van der Waals surface area contributed by atoms with E-state index >= 15 is 0 Å². The molecule has 0 radical (unpaired) electrons. The van der Waals surface area contributed by atoms with Gasteiger partial charge in [0.05, 0.1) is 0 Å². The lowest BCUT2D eigenvalue weighted by atomic mass is 10.3. The van der Waals surface area contributed by atoms with Crippen LogP contribution in [0.4, 0.5) is 4.79 Å². The molecule has 0 fully saturated rings. The van der Waals surface area contributed by atoms with Crippen LogP contribution in [0.1, 0.15) is 32.6 Å². The molecule has 0 heterocycles. The molecule has 0 aliphatic rings. The van der Waals surface area contributed by atoms with Crippen LogP contribution < -0.4 is 16.0 Å². The van der Waals surface area contributed by atoms with Gasteiger partial charge < -0.3 is 16.0 Å². The van der Waals surface area contributed by atoms with Crippen LogP contribution in [-0.2, 0) is 0 Å². The summed E-state index contributed by atoms with van der Waals surface area (Å²) in [5, 5.41) is 8.70. The van der Waals surface area contributed by atoms with Crippen LogP contribution in [0.15, 0.2) is 0 Å². The second-order valence-electron chi connectivity index (χ2n) is 3.35. The summed E-state index contributed by atoms with van der Waals surface area (Å²) < 4.78 is 0. The molecule has 0 saturated carbocycles. The Hall–Kier alpha value is -0.770. The fourth-order valence-electron chi connectivity index (χ4n) is 1.07. The molecule has 4 heteroatoms. The second-order valence-corrected chi connectivity index (χ2v) is 3.35. The Morgan fingerprint density at radius 1 is 1.00 bits per heavy atom. The number of urea groups is 1. The minimum absolute atomic E-state index is 0.0390. The van der Waals surface area contributed by atoms with Crippen LogP contribution in [0.5, 0.6) is 0 Å². The number of carbonyl (C=O) groups is 1. The summed E-state index contributed by atoms with van der Waals surface area (Å²) in [6.07, 6.45) is 4.30. The smallest absolute Gasteiger partial charge is 0.314 e. The van der Waals surface area contributed by atoms with Gasteiger partial charge in [0.25, 0.3) is 0 Å². The summed E-state index contributed by atoms with van der Waals surface area (Å²) in [7, 11) is 1.94. The molecule has 84 valence electrons. The van der Waals surface area contributed by atoms with Crippen molar-refractivity contribution < 1.29 is 4.79 Å². The Morgan fingerprint density at radius 2 is 1.57 bits per heavy atom. The van der Waals surface area contributed by atoms with Gasteiger partial charge in [-0.2, -0.15) is 0 Å². The van der Waals surface area contributed by atoms with E-state index in [4.69, 9.17) is 0 Å². The van der Waals surface area contributed by atoms with Crippen LogP contribution in [0.3, 0.4) is 0 Å². The van der Waals surface area contributed by atoms with Gasteiger partial charge in [0.1, 0.15) is 0 Å². The third-order valence-corrected chi connectivity index (χ3v) is 1.95. The zero-order chi connectivity index (χ0) is 10.6. The zero-order valence-corrected chi connectivity index (χ0v) is 9.36. The Kier molecular flexibility index (Phi) is 9.74. The van der Waals surface area contributed by atoms with Gasteiger partial charge in [0, 0.05) is 13.1 Å². The molecular formula is C10H23N3O. The van der Waals surface area contributed by atoms with Crippen LogP contribution in [0.25, 0.3) is 0 Å². The first-order valence-electron chi connectivity index (χ1n) is 5.47. The Bertz CT molecular complexity index is 139. The first-order valence-corrected chi connectivity index (χ1v) is 5.47. The molecule has 0 aromatic heterocycles. The molecular weight excluding hydrogens is 178 g/mol. The predicted molar refractivity (Wildman–Crippen MR) is 59.5 cm³/mol. The van der Waals surface area contributed by atoms with Gasteiger partial charge in [-0.25, -0.2) is 4.79 Å². The first kappa shape index (κ1) is 13.2. The number of carbonyl (C=O) groups excluding carboxylic acids is 1. The molecule has 0 atom stereocenters. The summed E-state index contributed by atoms with van der Waals surface area (Å²) in [5.74, 6) is 0. The van der Waals surface area contributed by atoms with Gasteiger partial charge in [0.2, 0.25) is 0 Å². The normalized spacial score (nSPS) is 9.86. The van der Waals surface area contributed by atoms with Crippen molar-refractivity contribution in [3.8, 4) is 0 Å². The number of amides is 2. The summed E-state index contributed by atoms with van der Waals surface area (Å²) in [6, 6.07) is -0.0390. The summed E-state index contributed by atoms with van der Waals surface area (Å²) >= 11 is 0. The monoisotopic (exact) mass is 201 g/mol. The maximum Gasteiger partial charge on any atom is 0.314 e. The van der Waals surface area contributed by atoms with Gasteiger partial charge in [-0.05, 0) is 32.9 Å². The zero-order valence-electron chi connectivity index (χ0n) is 9.36. The maximum atomic E-state index is 11.1. The fourth-order valence-corrected chi connectivity index (χ4v) is 1.07. The van der Waals surface area contributed by atoms with E-state index in [2.05, 4.69) is 22.9 Å². The molecule has 4 nitrogen and oxygen atoms in total. The van der Waals surface area contributed by atoms with Crippen molar-refractivity contribution in [3.05, 3.63) is 0 Å². The molecule has 0 aliphatic carbocycles. The van der Waals surface area contributed by atoms with Gasteiger partial charge in [-0.3, -0.25) is 0 Å². The fraction of sp³-hybridized carbons (Fsp3) is 0.900. The van der Waals surface area contributed by atoms with Crippen molar-refractivity contribution in [2.45, 2.75) is 32.6 Å². The second kappa shape index (κ2) is 10.3. The summed E-state index contributed by atoms with van der Waals surface area (Å²) in [5.41, 5.74) is 0. The lowest BCUT2D eigenvalue weighted by molar-refractivity contribution is 0.240. The van der Waals surface area contributed by atoms with E-state index in [1.54, 1.807) is 0 Å². The van der Waals surface area contributed by atoms with E-state index in [1.165, 1.54) is 0 Å². The molecule has 0 aromatic carbocycles. The Labute approximate surface area is 86.8 Å². The van der Waals surface area contributed by atoms with Crippen LogP contribution >= 0.6 is 0 Å². The van der Waals surface area contributed by atoms with E-state index in [-0.39, 0.29) is 6.03 Å². The predicted octanol–water partition coefficient (Wildman–Crippen LogP) is 1.09. The van der Waals surface area contributed by atoms with E-state index in [0.29, 0.717) is 0 Å². The van der Waals surface area contributed by atoms with Gasteiger partial charge in [-0.1, -0.05) is 13.3 Å². The average Bonchev–Trinajstić information content (AvgIpc) is 2.18. The van der Waals surface area contributed by atoms with Gasteiger partial charge >= 0.3 is 6.03 Å². The van der Waals surface area contributed by atoms with Crippen molar-refractivity contribution in [1.29, 1.82) is 0 Å². The highest BCUT2D eigenvalue weighted by molar-refractivity contribution is 5.73. The lowest BCUT2D eigenvalue weighted by Gasteiger charge is -2.06. The number of unbranched alkanes of at least 4 members (excludes halogenated alkanes) is 2. The van der Waals surface area contributed by atoms with Crippen molar-refractivity contribution in [2.75, 3.05) is 26.7 Å². The van der Waals surface area contributed by atoms with Crippen LogP contribution in [0.2, 0.25) is 0 Å². The number of rotatable bonds is 8. The molecule has 0 saturated heterocycles. The highest BCUT2D eigenvalue weighted by atomic mass is 16.2. The molecule has 3 N–H and O–H groups in total. The van der Waals surface area contributed by atoms with E-state index in [1.807, 2.05) is 7.05 Å². The number of hydrogen-bond donors (Lipinski definition) is 3. The average molecular weight is 201 g/mol. The molecule has 2 amide bonds. The lowest BCUT2D eigenvalue weighted by Crippen LogP contribution is -2.36. The Balaban J connectivity index is 3.10. The molecule has 0 aromatic rings. The van der Waals surface area contributed by atoms with Crippen molar-refractivity contribution in [2.24, 2.45) is 0 Å². The van der Waals surface area contributed by atoms with E-state index < -0.39 is 0 Å². The molecule has 0 aliphatic heterocycles. The highest BCUT2D eigenvalue weighted by Crippen LogP contribution is 1.84. The quantitative estimate of drug-likeness (QED) is 0.515. The minimum Gasteiger partial charge on any atom is -0.338 e. The van der Waals surface area contributed by atoms with Crippen molar-refractivity contribution in [3.63, 3.8) is 0 Å². The molecule has 0 unspecified atom stereocenters. The minimum atomic E-state index is -0.0390. The molecule has 0 bridgehead atoms. The SMILES string of the molecule is CCCCNC(=O)NCCCCNC. The topological polar surface area (TPSA) is 53.2 Å². The van der Waals surface area contributed by atoms with Gasteiger partial charge in [-0.15, -0.1) is 0 Å². The third-order valence-electron chi connectivity index (χ3n) is 1.95. The van der Waals surface area contributed by atoms with E-state index in [0.717, 1.165) is 45.3 Å². The van der Waals surface area contributed by atoms with Gasteiger partial charge in [0.15, 0.2) is 0 Å². The largest absolute Gasteiger partial charge is 0.338 e. The molecule has 0 rings (SSSR count). The summed E-state index contributed by atoms with van der Waals surface area (Å²) in [6.45, 7) is 4.66. The van der Waals surface area contributed by atoms with Crippen LogP contribution in [-0.4, -0.2) is 32.7 Å². The molecule has 14 heavy (non-hydrogen) atoms. The summed E-state index contributed by atoms with van der Waals surface area (Å²) in [4.78, 5) is 11.1. The van der Waals surface area contributed by atoms with Crippen molar-refractivity contribution in [1.82, 2.24) is 16.0 Å². The van der Waals surface area contributed by atoms with E-state index in [9.17, 15) is 4.79 Å². The van der Waals surface area contributed by atoms with Crippen LogP contribution in [0, 0.1) is 0 Å². The molecule has 0 spiro atoms. The number of nitrogens with one attached hydrogen (secondary N) is 3. The first-order chi connectivity index (χ1) is 6.81. The number of hydrogen-bond acceptors (Lipinski definition) is 2. The Morgan fingerprint density at radius 3 is 2.14 bits per heavy atom. The third kappa shape index (κ3) is 9.32. The standard InChI is InChI=1S/C10H23N3O/c1-3-4-8-12-10(14)13-9-6-5-7-11-2/h11H,3-9H2,1-2H3,(H2,12,13,14). The van der Waals surface area contributed by atoms with Crippen molar-refractivity contribution >= 4 is 6.03 Å². The maximum absolute atomic E-state index is 11.1.